The third kappa shape index (κ3) is 3.83. The van der Waals surface area contributed by atoms with E-state index in [0.29, 0.717) is 5.13 Å². The number of amides is 1. The maximum atomic E-state index is 13.5. The number of carbonyl (C=O) groups excluding carboxylic acids is 1. The van der Waals surface area contributed by atoms with Gasteiger partial charge in [0.15, 0.2) is 5.13 Å². The van der Waals surface area contributed by atoms with Gasteiger partial charge in [0.25, 0.3) is 5.91 Å². The molecule has 1 heterocycles. The van der Waals surface area contributed by atoms with Crippen molar-refractivity contribution in [1.29, 1.82) is 0 Å². The minimum absolute atomic E-state index is 0.0582. The van der Waals surface area contributed by atoms with Gasteiger partial charge in [-0.05, 0) is 31.7 Å². The smallest absolute Gasteiger partial charge is 0.260 e. The predicted molar refractivity (Wildman–Crippen MR) is 78.5 cm³/mol. The summed E-state index contributed by atoms with van der Waals surface area (Å²) in [4.78, 5) is 16.2. The van der Waals surface area contributed by atoms with E-state index in [1.54, 1.807) is 0 Å². The van der Waals surface area contributed by atoms with Crippen LogP contribution in [0.2, 0.25) is 0 Å². The lowest BCUT2D eigenvalue weighted by atomic mass is 10.2. The molecule has 0 aliphatic heterocycles. The van der Waals surface area contributed by atoms with Gasteiger partial charge >= 0.3 is 0 Å². The van der Waals surface area contributed by atoms with E-state index < -0.39 is 17.5 Å². The van der Waals surface area contributed by atoms with Crippen LogP contribution < -0.4 is 10.6 Å². The van der Waals surface area contributed by atoms with Gasteiger partial charge in [-0.2, -0.15) is 0 Å². The van der Waals surface area contributed by atoms with Gasteiger partial charge in [0.05, 0.1) is 11.3 Å². The third-order valence-corrected chi connectivity index (χ3v) is 3.65. The van der Waals surface area contributed by atoms with Gasteiger partial charge in [0.1, 0.15) is 11.6 Å². The van der Waals surface area contributed by atoms with Crippen LogP contribution in [0.5, 0.6) is 0 Å². The molecule has 0 fully saturated rings. The monoisotopic (exact) mass is 311 g/mol. The lowest BCUT2D eigenvalue weighted by Crippen LogP contribution is -2.18. The molecule has 2 aromatic rings. The Morgan fingerprint density at radius 1 is 1.43 bits per heavy atom. The van der Waals surface area contributed by atoms with Crippen molar-refractivity contribution in [2.45, 2.75) is 19.9 Å². The number of nitrogens with one attached hydrogen (secondary N) is 2. The topological polar surface area (TPSA) is 54.0 Å². The first-order valence-corrected chi connectivity index (χ1v) is 7.34. The maximum absolute atomic E-state index is 13.5. The Morgan fingerprint density at radius 2 is 2.19 bits per heavy atom. The zero-order chi connectivity index (χ0) is 15.4. The average Bonchev–Trinajstić information content (AvgIpc) is 2.90. The molecule has 7 heteroatoms. The van der Waals surface area contributed by atoms with Gasteiger partial charge < -0.3 is 5.32 Å². The fourth-order valence-corrected chi connectivity index (χ4v) is 2.59. The minimum atomic E-state index is -0.772. The van der Waals surface area contributed by atoms with Crippen LogP contribution in [-0.2, 0) is 0 Å². The van der Waals surface area contributed by atoms with Crippen LogP contribution >= 0.6 is 11.3 Å². The average molecular weight is 311 g/mol. The highest BCUT2D eigenvalue weighted by molar-refractivity contribution is 7.14. The van der Waals surface area contributed by atoms with Crippen LogP contribution in [-0.4, -0.2) is 17.4 Å². The molecule has 1 amide bonds. The highest BCUT2D eigenvalue weighted by atomic mass is 32.1. The van der Waals surface area contributed by atoms with Crippen molar-refractivity contribution >= 4 is 22.4 Å². The molecule has 1 unspecified atom stereocenters. The van der Waals surface area contributed by atoms with Gasteiger partial charge in [0.2, 0.25) is 0 Å². The van der Waals surface area contributed by atoms with Gasteiger partial charge in [-0.1, -0.05) is 6.92 Å². The molecule has 2 rings (SSSR count). The highest BCUT2D eigenvalue weighted by Gasteiger charge is 2.15. The quantitative estimate of drug-likeness (QED) is 0.890. The second kappa shape index (κ2) is 6.73. The summed E-state index contributed by atoms with van der Waals surface area (Å²) in [7, 11) is 0. The number of hydrogen-bond acceptors (Lipinski definition) is 4. The van der Waals surface area contributed by atoms with Crippen LogP contribution in [0, 0.1) is 11.6 Å². The SMILES string of the molecule is CCNC(C)c1csc(NC(=O)c2cc(F)ccc2F)n1. The number of thiazole rings is 1. The first-order valence-electron chi connectivity index (χ1n) is 6.46. The lowest BCUT2D eigenvalue weighted by molar-refractivity contribution is 0.102. The standard InChI is InChI=1S/C14H15F2N3OS/c1-3-17-8(2)12-7-21-14(18-12)19-13(20)10-6-9(15)4-5-11(10)16/h4-8,17H,3H2,1-2H3,(H,18,19,20). The Balaban J connectivity index is 2.11. The van der Waals surface area contributed by atoms with E-state index in [-0.39, 0.29) is 11.6 Å². The molecular formula is C14H15F2N3OS. The van der Waals surface area contributed by atoms with Crippen LogP contribution in [0.3, 0.4) is 0 Å². The largest absolute Gasteiger partial charge is 0.309 e. The van der Waals surface area contributed by atoms with Gasteiger partial charge in [0, 0.05) is 11.4 Å². The number of anilines is 1. The molecule has 0 aliphatic rings. The number of nitrogens with zero attached hydrogens (tertiary/aromatic N) is 1. The normalized spacial score (nSPS) is 12.2. The fourth-order valence-electron chi connectivity index (χ4n) is 1.79. The van der Waals surface area contributed by atoms with Crippen molar-refractivity contribution in [1.82, 2.24) is 10.3 Å². The summed E-state index contributed by atoms with van der Waals surface area (Å²) in [6.45, 7) is 4.74. The molecule has 0 spiro atoms. The summed E-state index contributed by atoms with van der Waals surface area (Å²) in [5.74, 6) is -2.15. The summed E-state index contributed by atoms with van der Waals surface area (Å²) >= 11 is 1.24. The van der Waals surface area contributed by atoms with E-state index in [1.165, 1.54) is 11.3 Å². The molecule has 112 valence electrons. The first-order chi connectivity index (χ1) is 10.0. The molecule has 1 aromatic carbocycles. The number of halogens is 2. The number of hydrogen-bond donors (Lipinski definition) is 2. The molecule has 4 nitrogen and oxygen atoms in total. The summed E-state index contributed by atoms with van der Waals surface area (Å²) in [6, 6.07) is 2.81. The molecule has 2 N–H and O–H groups in total. The molecule has 0 saturated carbocycles. The molecule has 21 heavy (non-hydrogen) atoms. The van der Waals surface area contributed by atoms with Gasteiger partial charge in [-0.3, -0.25) is 10.1 Å². The molecule has 0 radical (unpaired) electrons. The second-order valence-corrected chi connectivity index (χ2v) is 5.29. The van der Waals surface area contributed by atoms with E-state index in [4.69, 9.17) is 0 Å². The Bertz CT molecular complexity index is 645. The summed E-state index contributed by atoms with van der Waals surface area (Å²) in [5.41, 5.74) is 0.448. The van der Waals surface area contributed by atoms with Crippen molar-refractivity contribution in [3.8, 4) is 0 Å². The molecule has 1 aromatic heterocycles. The summed E-state index contributed by atoms with van der Waals surface area (Å²) in [5, 5.41) is 7.84. The second-order valence-electron chi connectivity index (χ2n) is 4.44. The van der Waals surface area contributed by atoms with Crippen LogP contribution in [0.1, 0.15) is 35.9 Å². The Hall–Kier alpha value is -1.86. The van der Waals surface area contributed by atoms with Crippen LogP contribution in [0.4, 0.5) is 13.9 Å². The Morgan fingerprint density at radius 3 is 2.90 bits per heavy atom. The highest BCUT2D eigenvalue weighted by Crippen LogP contribution is 2.21. The van der Waals surface area contributed by atoms with Gasteiger partial charge in [-0.25, -0.2) is 13.8 Å². The van der Waals surface area contributed by atoms with Gasteiger partial charge in [-0.15, -0.1) is 11.3 Å². The van der Waals surface area contributed by atoms with Crippen molar-refractivity contribution < 1.29 is 13.6 Å². The summed E-state index contributed by atoms with van der Waals surface area (Å²) in [6.07, 6.45) is 0. The third-order valence-electron chi connectivity index (χ3n) is 2.87. The van der Waals surface area contributed by atoms with E-state index in [2.05, 4.69) is 15.6 Å². The summed E-state index contributed by atoms with van der Waals surface area (Å²) < 4.78 is 26.6. The fraction of sp³-hybridized carbons (Fsp3) is 0.286. The van der Waals surface area contributed by atoms with Crippen molar-refractivity contribution in [2.75, 3.05) is 11.9 Å². The maximum Gasteiger partial charge on any atom is 0.260 e. The zero-order valence-corrected chi connectivity index (χ0v) is 12.4. The number of benzene rings is 1. The van der Waals surface area contributed by atoms with Crippen molar-refractivity contribution in [3.63, 3.8) is 0 Å². The lowest BCUT2D eigenvalue weighted by Gasteiger charge is -2.08. The van der Waals surface area contributed by atoms with Crippen LogP contribution in [0.25, 0.3) is 0 Å². The molecular weight excluding hydrogens is 296 g/mol. The van der Waals surface area contributed by atoms with E-state index in [1.807, 2.05) is 19.2 Å². The number of carbonyl (C=O) groups is 1. The molecule has 0 aliphatic carbocycles. The Labute approximate surface area is 125 Å². The van der Waals surface area contributed by atoms with E-state index >= 15 is 0 Å². The minimum Gasteiger partial charge on any atom is -0.309 e. The molecule has 0 saturated heterocycles. The van der Waals surface area contributed by atoms with Crippen molar-refractivity contribution in [2.24, 2.45) is 0 Å². The van der Waals surface area contributed by atoms with Crippen molar-refractivity contribution in [3.05, 3.63) is 46.5 Å². The molecule has 0 bridgehead atoms. The van der Waals surface area contributed by atoms with E-state index in [0.717, 1.165) is 30.4 Å². The zero-order valence-electron chi connectivity index (χ0n) is 11.6. The first kappa shape index (κ1) is 15.5. The number of aromatic nitrogens is 1. The predicted octanol–water partition coefficient (Wildman–Crippen LogP) is 3.34. The van der Waals surface area contributed by atoms with E-state index in [9.17, 15) is 13.6 Å². The van der Waals surface area contributed by atoms with Crippen LogP contribution in [0.15, 0.2) is 23.6 Å². The number of rotatable bonds is 5. The Kier molecular flexibility index (Phi) is 4.98. The molecule has 1 atom stereocenters.